The molecule has 0 aliphatic carbocycles. The molecule has 2 aromatic rings. The van der Waals surface area contributed by atoms with Gasteiger partial charge in [0.25, 0.3) is 0 Å². The summed E-state index contributed by atoms with van der Waals surface area (Å²) in [6.07, 6.45) is 1.46. The van der Waals surface area contributed by atoms with Gasteiger partial charge in [-0.05, 0) is 64.9 Å². The number of hydrazone groups is 1. The second kappa shape index (κ2) is 8.97. The van der Waals surface area contributed by atoms with Crippen LogP contribution in [0.2, 0.25) is 0 Å². The minimum atomic E-state index is -4.01. The van der Waals surface area contributed by atoms with Crippen LogP contribution in [0.3, 0.4) is 0 Å². The first-order chi connectivity index (χ1) is 12.3. The van der Waals surface area contributed by atoms with Crippen LogP contribution in [0.1, 0.15) is 12.5 Å². The second-order valence-corrected chi connectivity index (χ2v) is 7.69. The highest BCUT2D eigenvalue weighted by molar-refractivity contribution is 9.10. The van der Waals surface area contributed by atoms with Crippen molar-refractivity contribution in [1.29, 1.82) is 0 Å². The molecule has 0 spiro atoms. The van der Waals surface area contributed by atoms with Crippen molar-refractivity contribution in [1.82, 2.24) is 5.43 Å². The number of halogens is 1. The molecular weight excluding hydrogens is 442 g/mol. The lowest BCUT2D eigenvalue weighted by molar-refractivity contribution is 0.327. The van der Waals surface area contributed by atoms with E-state index < -0.39 is 10.1 Å². The van der Waals surface area contributed by atoms with Crippen LogP contribution in [0.25, 0.3) is 0 Å². The molecular formula is C16H16BrN3O4S2. The predicted octanol–water partition coefficient (Wildman–Crippen LogP) is 2.78. The molecule has 0 saturated carbocycles. The quantitative estimate of drug-likeness (QED) is 0.285. The maximum absolute atomic E-state index is 12.5. The Labute approximate surface area is 165 Å². The van der Waals surface area contributed by atoms with Crippen LogP contribution < -0.4 is 20.1 Å². The molecule has 7 nitrogen and oxygen atoms in total. The first-order valence-corrected chi connectivity index (χ1v) is 9.99. The molecule has 0 aliphatic rings. The predicted molar refractivity (Wildman–Crippen MR) is 107 cm³/mol. The smallest absolute Gasteiger partial charge is 0.339 e. The lowest BCUT2D eigenvalue weighted by Crippen LogP contribution is -2.24. The minimum Gasteiger partial charge on any atom is -0.490 e. The van der Waals surface area contributed by atoms with E-state index in [0.29, 0.717) is 16.6 Å². The molecule has 0 atom stereocenters. The second-order valence-electron chi connectivity index (χ2n) is 4.85. The molecule has 0 bridgehead atoms. The SMILES string of the molecule is CCOc1cc(C=NNC(N)=S)cc(Br)c1OS(=O)(=O)c1ccccc1. The molecule has 0 aromatic heterocycles. The Morgan fingerprint density at radius 2 is 2.04 bits per heavy atom. The normalized spacial score (nSPS) is 11.3. The number of ether oxygens (including phenoxy) is 1. The Morgan fingerprint density at radius 1 is 1.35 bits per heavy atom. The average Bonchev–Trinajstić information content (AvgIpc) is 2.59. The Morgan fingerprint density at radius 3 is 2.65 bits per heavy atom. The van der Waals surface area contributed by atoms with Crippen LogP contribution in [0.15, 0.2) is 56.9 Å². The third kappa shape index (κ3) is 5.41. The Kier molecular flexibility index (Phi) is 6.95. The Bertz CT molecular complexity index is 919. The van der Waals surface area contributed by atoms with Gasteiger partial charge in [0, 0.05) is 0 Å². The fraction of sp³-hybridized carbons (Fsp3) is 0.125. The summed E-state index contributed by atoms with van der Waals surface area (Å²) in [5.74, 6) is 0.299. The molecule has 0 radical (unpaired) electrons. The summed E-state index contributed by atoms with van der Waals surface area (Å²) in [5, 5.41) is 3.89. The molecule has 3 N–H and O–H groups in total. The number of nitrogens with zero attached hydrogens (tertiary/aromatic N) is 1. The van der Waals surface area contributed by atoms with E-state index in [1.54, 1.807) is 37.3 Å². The topological polar surface area (TPSA) is 103 Å². The summed E-state index contributed by atoms with van der Waals surface area (Å²) in [5.41, 5.74) is 8.35. The molecule has 0 fully saturated rings. The summed E-state index contributed by atoms with van der Waals surface area (Å²) < 4.78 is 36.2. The molecule has 0 unspecified atom stereocenters. The van der Waals surface area contributed by atoms with Crippen LogP contribution in [-0.2, 0) is 10.1 Å². The third-order valence-corrected chi connectivity index (χ3v) is 4.86. The van der Waals surface area contributed by atoms with Crippen molar-refractivity contribution in [2.24, 2.45) is 10.8 Å². The number of hydrogen-bond acceptors (Lipinski definition) is 6. The highest BCUT2D eigenvalue weighted by Gasteiger charge is 2.21. The number of hydrogen-bond donors (Lipinski definition) is 2. The maximum Gasteiger partial charge on any atom is 0.339 e. The van der Waals surface area contributed by atoms with Crippen molar-refractivity contribution in [3.05, 3.63) is 52.5 Å². The van der Waals surface area contributed by atoms with Crippen LogP contribution in [0, 0.1) is 0 Å². The molecule has 2 aromatic carbocycles. The average molecular weight is 458 g/mol. The fourth-order valence-electron chi connectivity index (χ4n) is 1.92. The van der Waals surface area contributed by atoms with Gasteiger partial charge in [0.1, 0.15) is 4.90 Å². The zero-order valence-electron chi connectivity index (χ0n) is 13.7. The monoisotopic (exact) mass is 457 g/mol. The van der Waals surface area contributed by atoms with Crippen molar-refractivity contribution in [3.8, 4) is 11.5 Å². The van der Waals surface area contributed by atoms with Gasteiger partial charge in [0.05, 0.1) is 17.3 Å². The van der Waals surface area contributed by atoms with Gasteiger partial charge in [0.2, 0.25) is 0 Å². The van der Waals surface area contributed by atoms with Gasteiger partial charge in [-0.2, -0.15) is 13.5 Å². The molecule has 0 amide bonds. The summed E-state index contributed by atoms with van der Waals surface area (Å²) in [6, 6.07) is 11.1. The zero-order valence-corrected chi connectivity index (χ0v) is 16.9. The maximum atomic E-state index is 12.5. The van der Waals surface area contributed by atoms with Crippen molar-refractivity contribution < 1.29 is 17.3 Å². The number of nitrogens with two attached hydrogens (primary N) is 1. The number of nitrogens with one attached hydrogen (secondary N) is 1. The molecule has 138 valence electrons. The lowest BCUT2D eigenvalue weighted by Gasteiger charge is -2.14. The van der Waals surface area contributed by atoms with E-state index in [9.17, 15) is 8.42 Å². The van der Waals surface area contributed by atoms with Crippen molar-refractivity contribution in [3.63, 3.8) is 0 Å². The summed E-state index contributed by atoms with van der Waals surface area (Å²) in [6.45, 7) is 2.10. The largest absolute Gasteiger partial charge is 0.490 e. The van der Waals surface area contributed by atoms with Crippen LogP contribution >= 0.6 is 28.1 Å². The van der Waals surface area contributed by atoms with E-state index in [-0.39, 0.29) is 21.5 Å². The number of benzene rings is 2. The lowest BCUT2D eigenvalue weighted by atomic mass is 10.2. The van der Waals surface area contributed by atoms with Gasteiger partial charge < -0.3 is 14.7 Å². The van der Waals surface area contributed by atoms with Gasteiger partial charge in [0.15, 0.2) is 16.6 Å². The van der Waals surface area contributed by atoms with Crippen LogP contribution in [0.4, 0.5) is 0 Å². The molecule has 26 heavy (non-hydrogen) atoms. The Balaban J connectivity index is 2.38. The fourth-order valence-corrected chi connectivity index (χ4v) is 3.60. The molecule has 10 heteroatoms. The van der Waals surface area contributed by atoms with E-state index in [4.69, 9.17) is 14.7 Å². The molecule has 2 rings (SSSR count). The summed E-state index contributed by atoms with van der Waals surface area (Å²) in [7, 11) is -4.01. The summed E-state index contributed by atoms with van der Waals surface area (Å²) in [4.78, 5) is 0.0423. The minimum absolute atomic E-state index is 0.0271. The molecule has 0 saturated heterocycles. The van der Waals surface area contributed by atoms with E-state index >= 15 is 0 Å². The van der Waals surface area contributed by atoms with Gasteiger partial charge in [-0.1, -0.05) is 18.2 Å². The number of rotatable bonds is 7. The number of thiocarbonyl (C=S) groups is 1. The first kappa shape index (κ1) is 20.1. The highest BCUT2D eigenvalue weighted by Crippen LogP contribution is 2.38. The van der Waals surface area contributed by atoms with Gasteiger partial charge in [-0.25, -0.2) is 0 Å². The standard InChI is InChI=1S/C16H16BrN3O4S2/c1-2-23-14-9-11(10-19-20-16(18)25)8-13(17)15(14)24-26(21,22)12-6-4-3-5-7-12/h3-10H,2H2,1H3,(H3,18,20,25). The van der Waals surface area contributed by atoms with E-state index in [2.05, 4.69) is 38.7 Å². The van der Waals surface area contributed by atoms with E-state index in [1.807, 2.05) is 0 Å². The van der Waals surface area contributed by atoms with Crippen molar-refractivity contribution in [2.45, 2.75) is 11.8 Å². The van der Waals surface area contributed by atoms with E-state index in [0.717, 1.165) is 0 Å². The van der Waals surface area contributed by atoms with E-state index in [1.165, 1.54) is 18.3 Å². The third-order valence-electron chi connectivity index (χ3n) is 2.94. The van der Waals surface area contributed by atoms with Gasteiger partial charge in [-0.3, -0.25) is 5.43 Å². The van der Waals surface area contributed by atoms with Gasteiger partial charge >= 0.3 is 10.1 Å². The van der Waals surface area contributed by atoms with Crippen LogP contribution in [0.5, 0.6) is 11.5 Å². The van der Waals surface area contributed by atoms with Gasteiger partial charge in [-0.15, -0.1) is 0 Å². The highest BCUT2D eigenvalue weighted by atomic mass is 79.9. The van der Waals surface area contributed by atoms with Crippen molar-refractivity contribution >= 4 is 49.6 Å². The Hall–Kier alpha value is -2.17. The van der Waals surface area contributed by atoms with Crippen LogP contribution in [-0.4, -0.2) is 26.4 Å². The van der Waals surface area contributed by atoms with Crippen molar-refractivity contribution in [2.75, 3.05) is 6.61 Å². The summed E-state index contributed by atoms with van der Waals surface area (Å²) >= 11 is 7.98. The zero-order chi connectivity index (χ0) is 19.2. The molecule has 0 aliphatic heterocycles. The molecule has 0 heterocycles. The first-order valence-electron chi connectivity index (χ1n) is 7.38.